The molecule has 2 unspecified atom stereocenters. The maximum atomic E-state index is 12.8. The number of rotatable bonds is 4. The molecule has 6 nitrogen and oxygen atoms in total. The van der Waals surface area contributed by atoms with Crippen molar-refractivity contribution in [1.29, 1.82) is 0 Å². The maximum absolute atomic E-state index is 12.8. The number of aromatic nitrogens is 2. The molecule has 1 aromatic rings. The van der Waals surface area contributed by atoms with Crippen LogP contribution in [-0.2, 0) is 23.2 Å². The Morgan fingerprint density at radius 2 is 2.10 bits per heavy atom. The Kier molecular flexibility index (Phi) is 3.47. The normalized spacial score (nSPS) is 26.4. The van der Waals surface area contributed by atoms with Gasteiger partial charge in [-0.2, -0.15) is 5.10 Å². The molecule has 1 saturated carbocycles. The van der Waals surface area contributed by atoms with Crippen molar-refractivity contribution < 1.29 is 9.59 Å². The Balaban J connectivity index is 1.86. The lowest BCUT2D eigenvalue weighted by Gasteiger charge is -2.40. The molecule has 2 atom stereocenters. The predicted molar refractivity (Wildman–Crippen MR) is 77.0 cm³/mol. The van der Waals surface area contributed by atoms with Crippen molar-refractivity contribution in [2.45, 2.75) is 45.3 Å². The molecule has 21 heavy (non-hydrogen) atoms. The lowest BCUT2D eigenvalue weighted by Crippen LogP contribution is -2.65. The Labute approximate surface area is 124 Å². The summed E-state index contributed by atoms with van der Waals surface area (Å²) in [6.07, 6.45) is 5.71. The van der Waals surface area contributed by atoms with E-state index in [9.17, 15) is 9.59 Å². The molecule has 3 rings (SSSR count). The highest BCUT2D eigenvalue weighted by molar-refractivity contribution is 5.97. The zero-order valence-corrected chi connectivity index (χ0v) is 12.7. The van der Waals surface area contributed by atoms with E-state index in [1.54, 1.807) is 15.8 Å². The minimum Gasteiger partial charge on any atom is -0.342 e. The van der Waals surface area contributed by atoms with E-state index in [-0.39, 0.29) is 23.8 Å². The van der Waals surface area contributed by atoms with Crippen LogP contribution in [0.5, 0.6) is 0 Å². The topological polar surface area (TPSA) is 67.2 Å². The van der Waals surface area contributed by atoms with Crippen molar-refractivity contribution in [3.8, 4) is 0 Å². The lowest BCUT2D eigenvalue weighted by molar-refractivity contribution is -0.152. The fraction of sp³-hybridized carbons (Fsp3) is 0.667. The second-order valence-corrected chi connectivity index (χ2v) is 6.50. The van der Waals surface area contributed by atoms with Gasteiger partial charge in [0.25, 0.3) is 0 Å². The van der Waals surface area contributed by atoms with Gasteiger partial charge in [0.15, 0.2) is 0 Å². The van der Waals surface area contributed by atoms with Crippen molar-refractivity contribution >= 4 is 11.8 Å². The van der Waals surface area contributed by atoms with Crippen LogP contribution in [0.2, 0.25) is 0 Å². The van der Waals surface area contributed by atoms with Gasteiger partial charge in [-0.3, -0.25) is 14.3 Å². The van der Waals surface area contributed by atoms with Crippen LogP contribution in [0.3, 0.4) is 0 Å². The van der Waals surface area contributed by atoms with E-state index >= 15 is 0 Å². The zero-order chi connectivity index (χ0) is 15.1. The van der Waals surface area contributed by atoms with Crippen LogP contribution in [0.25, 0.3) is 0 Å². The number of carbonyl (C=O) groups is 2. The summed E-state index contributed by atoms with van der Waals surface area (Å²) < 4.78 is 1.71. The molecular formula is C15H22N4O2. The predicted octanol–water partition coefficient (Wildman–Crippen LogP) is 0.682. The van der Waals surface area contributed by atoms with Gasteiger partial charge in [-0.05, 0) is 24.7 Å². The lowest BCUT2D eigenvalue weighted by atomic mass is 9.95. The number of carbonyl (C=O) groups excluding carboxylic acids is 2. The molecule has 6 heteroatoms. The minimum atomic E-state index is -0.396. The van der Waals surface area contributed by atoms with Gasteiger partial charge >= 0.3 is 0 Å². The van der Waals surface area contributed by atoms with Gasteiger partial charge in [-0.15, -0.1) is 0 Å². The van der Waals surface area contributed by atoms with E-state index < -0.39 is 6.04 Å². The first-order valence-electron chi connectivity index (χ1n) is 7.55. The number of amides is 2. The average molecular weight is 290 g/mol. The van der Waals surface area contributed by atoms with E-state index in [1.165, 1.54) is 0 Å². The number of nitrogens with one attached hydrogen (secondary N) is 1. The van der Waals surface area contributed by atoms with E-state index in [0.29, 0.717) is 12.5 Å². The molecule has 2 fully saturated rings. The van der Waals surface area contributed by atoms with Crippen LogP contribution in [0, 0.1) is 11.8 Å². The summed E-state index contributed by atoms with van der Waals surface area (Å²) in [6.45, 7) is 4.41. The molecule has 0 radical (unpaired) electrons. The molecule has 114 valence electrons. The number of piperazine rings is 1. The number of nitrogens with zero attached hydrogens (tertiary/aromatic N) is 3. The summed E-state index contributed by atoms with van der Waals surface area (Å²) in [4.78, 5) is 26.9. The SMILES string of the molecule is CC(C)C1C(=O)NC(C2CC2)C(=O)N1Cc1cnn(C)c1. The first kappa shape index (κ1) is 14.1. The molecule has 1 saturated heterocycles. The van der Waals surface area contributed by atoms with Gasteiger partial charge < -0.3 is 10.2 Å². The third-order valence-corrected chi connectivity index (χ3v) is 4.29. The molecule has 2 aliphatic rings. The molecule has 0 bridgehead atoms. The van der Waals surface area contributed by atoms with Gasteiger partial charge in [0.2, 0.25) is 11.8 Å². The fourth-order valence-electron chi connectivity index (χ4n) is 3.10. The first-order chi connectivity index (χ1) is 9.97. The Morgan fingerprint density at radius 3 is 2.62 bits per heavy atom. The maximum Gasteiger partial charge on any atom is 0.246 e. The summed E-state index contributed by atoms with van der Waals surface area (Å²) in [5, 5.41) is 7.07. The summed E-state index contributed by atoms with van der Waals surface area (Å²) in [5.74, 6) is 0.446. The van der Waals surface area contributed by atoms with Crippen molar-refractivity contribution in [2.24, 2.45) is 18.9 Å². The third-order valence-electron chi connectivity index (χ3n) is 4.29. The summed E-state index contributed by atoms with van der Waals surface area (Å²) in [7, 11) is 1.85. The second-order valence-electron chi connectivity index (χ2n) is 6.50. The molecule has 1 N–H and O–H groups in total. The summed E-state index contributed by atoms with van der Waals surface area (Å²) in [6, 6.07) is -0.725. The quantitative estimate of drug-likeness (QED) is 0.887. The van der Waals surface area contributed by atoms with Crippen LogP contribution in [0.15, 0.2) is 12.4 Å². The van der Waals surface area contributed by atoms with Crippen LogP contribution in [0.1, 0.15) is 32.3 Å². The highest BCUT2D eigenvalue weighted by Crippen LogP contribution is 2.36. The standard InChI is InChI=1S/C15H22N4O2/c1-9(2)13-14(20)17-12(11-4-5-11)15(21)19(13)8-10-6-16-18(3)7-10/h6-7,9,11-13H,4-5,8H2,1-3H3,(H,17,20). The highest BCUT2D eigenvalue weighted by atomic mass is 16.2. The van der Waals surface area contributed by atoms with Gasteiger partial charge in [-0.1, -0.05) is 13.8 Å². The number of hydrogen-bond acceptors (Lipinski definition) is 3. The first-order valence-corrected chi connectivity index (χ1v) is 7.55. The van der Waals surface area contributed by atoms with Gasteiger partial charge in [0.1, 0.15) is 12.1 Å². The van der Waals surface area contributed by atoms with Crippen molar-refractivity contribution in [2.75, 3.05) is 0 Å². The van der Waals surface area contributed by atoms with Crippen molar-refractivity contribution in [1.82, 2.24) is 20.0 Å². The van der Waals surface area contributed by atoms with E-state index in [2.05, 4.69) is 10.4 Å². The van der Waals surface area contributed by atoms with E-state index in [0.717, 1.165) is 18.4 Å². The molecule has 1 aliphatic carbocycles. The second kappa shape index (κ2) is 5.16. The van der Waals surface area contributed by atoms with Crippen LogP contribution < -0.4 is 5.32 Å². The molecule has 1 aromatic heterocycles. The van der Waals surface area contributed by atoms with Crippen molar-refractivity contribution in [3.05, 3.63) is 18.0 Å². The largest absolute Gasteiger partial charge is 0.342 e. The highest BCUT2D eigenvalue weighted by Gasteiger charge is 2.47. The fourth-order valence-corrected chi connectivity index (χ4v) is 3.10. The summed E-state index contributed by atoms with van der Waals surface area (Å²) >= 11 is 0. The zero-order valence-electron chi connectivity index (χ0n) is 12.7. The molecule has 0 aromatic carbocycles. The smallest absolute Gasteiger partial charge is 0.246 e. The molecule has 2 heterocycles. The van der Waals surface area contributed by atoms with E-state index in [4.69, 9.17) is 0 Å². The molecule has 2 amide bonds. The Bertz CT molecular complexity index is 562. The van der Waals surface area contributed by atoms with Gasteiger partial charge in [0, 0.05) is 25.4 Å². The number of hydrogen-bond donors (Lipinski definition) is 1. The molecular weight excluding hydrogens is 268 g/mol. The van der Waals surface area contributed by atoms with Crippen LogP contribution >= 0.6 is 0 Å². The molecule has 1 aliphatic heterocycles. The summed E-state index contributed by atoms with van der Waals surface area (Å²) in [5.41, 5.74) is 0.959. The van der Waals surface area contributed by atoms with E-state index in [1.807, 2.05) is 27.1 Å². The third kappa shape index (κ3) is 2.66. The van der Waals surface area contributed by atoms with Crippen molar-refractivity contribution in [3.63, 3.8) is 0 Å². The minimum absolute atomic E-state index is 0.0228. The Morgan fingerprint density at radius 1 is 1.38 bits per heavy atom. The molecule has 0 spiro atoms. The van der Waals surface area contributed by atoms with Crippen LogP contribution in [0.4, 0.5) is 0 Å². The monoisotopic (exact) mass is 290 g/mol. The van der Waals surface area contributed by atoms with Gasteiger partial charge in [-0.25, -0.2) is 0 Å². The Hall–Kier alpha value is -1.85. The number of aryl methyl sites for hydroxylation is 1. The average Bonchev–Trinajstić information content (AvgIpc) is 3.17. The van der Waals surface area contributed by atoms with Crippen LogP contribution in [-0.4, -0.2) is 38.6 Å². The van der Waals surface area contributed by atoms with Gasteiger partial charge in [0.05, 0.1) is 6.20 Å².